The zero-order valence-corrected chi connectivity index (χ0v) is 37.3. The summed E-state index contributed by atoms with van der Waals surface area (Å²) in [5.41, 5.74) is 13.3. The standard InChI is InChI=1S/C34H42N2O2.C18H20Br2/c37-25-5-11-31-9-3-23-35(27-31)21-1-7-29-13-17-33(18-14-29)34-19-15-30(16-20-34)8-2-22-36-24-4-10-32(28-36)12-6-26-38;19-13-1-3-15-5-9-17(10-6-15)18-11-7-16(8-12-18)4-2-14-20/h3-4,9-10,13-20,23-24,27-28,37-38H,1-2,5-8,11-12,21-22,25-26H2;5-12H,1-4,13-14H2/q+2;. The van der Waals surface area contributed by atoms with E-state index in [0.29, 0.717) is 0 Å². The number of benzene rings is 4. The summed E-state index contributed by atoms with van der Waals surface area (Å²) in [4.78, 5) is 0. The highest BCUT2D eigenvalue weighted by atomic mass is 79.9. The Bertz CT molecular complexity index is 1870. The van der Waals surface area contributed by atoms with Crippen molar-refractivity contribution >= 4 is 31.9 Å². The van der Waals surface area contributed by atoms with Crippen LogP contribution >= 0.6 is 31.9 Å². The molecule has 6 rings (SSSR count). The van der Waals surface area contributed by atoms with Gasteiger partial charge in [-0.3, -0.25) is 0 Å². The van der Waals surface area contributed by atoms with Crippen LogP contribution in [-0.2, 0) is 51.6 Å². The van der Waals surface area contributed by atoms with Crippen LogP contribution in [0.25, 0.3) is 22.3 Å². The van der Waals surface area contributed by atoms with E-state index < -0.39 is 0 Å². The summed E-state index contributed by atoms with van der Waals surface area (Å²) >= 11 is 6.96. The minimum absolute atomic E-state index is 0.247. The second kappa shape index (κ2) is 26.2. The number of hydrogen-bond acceptors (Lipinski definition) is 2. The molecule has 0 spiro atoms. The number of aliphatic hydroxyl groups is 2. The van der Waals surface area contributed by atoms with Gasteiger partial charge in [0, 0.05) is 60.0 Å². The smallest absolute Gasteiger partial charge is 0.171 e. The van der Waals surface area contributed by atoms with E-state index in [1.807, 2.05) is 0 Å². The topological polar surface area (TPSA) is 48.2 Å². The van der Waals surface area contributed by atoms with E-state index in [9.17, 15) is 0 Å². The number of rotatable bonds is 22. The molecule has 0 aliphatic rings. The van der Waals surface area contributed by atoms with Crippen molar-refractivity contribution in [2.24, 2.45) is 0 Å². The van der Waals surface area contributed by atoms with Crippen molar-refractivity contribution in [3.63, 3.8) is 0 Å². The van der Waals surface area contributed by atoms with Gasteiger partial charge in [-0.25, -0.2) is 9.13 Å². The lowest BCUT2D eigenvalue weighted by Gasteiger charge is -2.06. The van der Waals surface area contributed by atoms with Crippen molar-refractivity contribution in [3.8, 4) is 22.3 Å². The molecule has 6 heteroatoms. The molecule has 0 radical (unpaired) electrons. The molecule has 2 N–H and O–H groups in total. The first-order valence-electron chi connectivity index (χ1n) is 21.2. The Morgan fingerprint density at radius 2 is 0.638 bits per heavy atom. The van der Waals surface area contributed by atoms with Crippen LogP contribution in [0.2, 0.25) is 0 Å². The van der Waals surface area contributed by atoms with Crippen LogP contribution in [0.4, 0.5) is 0 Å². The summed E-state index contributed by atoms with van der Waals surface area (Å²) in [7, 11) is 0. The highest BCUT2D eigenvalue weighted by molar-refractivity contribution is 9.09. The molecule has 0 atom stereocenters. The minimum Gasteiger partial charge on any atom is -0.396 e. The fourth-order valence-electron chi connectivity index (χ4n) is 7.22. The molecule has 0 saturated carbocycles. The summed E-state index contributed by atoms with van der Waals surface area (Å²) in [5.74, 6) is 0. The maximum atomic E-state index is 9.05. The molecule has 0 aliphatic heterocycles. The van der Waals surface area contributed by atoms with Gasteiger partial charge in [-0.15, -0.1) is 0 Å². The Hall–Kier alpha value is -3.94. The van der Waals surface area contributed by atoms with Gasteiger partial charge in [-0.05, 0) is 121 Å². The second-order valence-electron chi connectivity index (χ2n) is 15.1. The molecule has 2 heterocycles. The minimum atomic E-state index is 0.247. The first-order valence-corrected chi connectivity index (χ1v) is 23.5. The Balaban J connectivity index is 0.000000269. The summed E-state index contributed by atoms with van der Waals surface area (Å²) in [5, 5.41) is 20.2. The van der Waals surface area contributed by atoms with E-state index >= 15 is 0 Å². The van der Waals surface area contributed by atoms with E-state index in [1.165, 1.54) is 68.5 Å². The van der Waals surface area contributed by atoms with Gasteiger partial charge in [-0.1, -0.05) is 129 Å². The van der Waals surface area contributed by atoms with Crippen molar-refractivity contribution < 1.29 is 19.3 Å². The molecule has 0 bridgehead atoms. The number of pyridine rings is 2. The molecule has 0 aliphatic carbocycles. The molecule has 4 aromatic carbocycles. The number of nitrogens with zero attached hydrogens (tertiary/aromatic N) is 2. The highest BCUT2D eigenvalue weighted by Crippen LogP contribution is 2.23. The summed E-state index contributed by atoms with van der Waals surface area (Å²) < 4.78 is 4.52. The van der Waals surface area contributed by atoms with Gasteiger partial charge in [0.15, 0.2) is 24.8 Å². The van der Waals surface area contributed by atoms with E-state index in [4.69, 9.17) is 10.2 Å². The van der Waals surface area contributed by atoms with Crippen molar-refractivity contribution in [3.05, 3.63) is 179 Å². The zero-order valence-electron chi connectivity index (χ0n) is 34.1. The van der Waals surface area contributed by atoms with Crippen LogP contribution in [0.5, 0.6) is 0 Å². The highest BCUT2D eigenvalue weighted by Gasteiger charge is 2.07. The van der Waals surface area contributed by atoms with Gasteiger partial charge < -0.3 is 10.2 Å². The van der Waals surface area contributed by atoms with Crippen molar-refractivity contribution in [1.29, 1.82) is 0 Å². The van der Waals surface area contributed by atoms with E-state index in [0.717, 1.165) is 88.0 Å². The predicted octanol–water partition coefficient (Wildman–Crippen LogP) is 11.1. The van der Waals surface area contributed by atoms with Crippen molar-refractivity contribution in [1.82, 2.24) is 0 Å². The number of aliphatic hydroxyl groups excluding tert-OH is 2. The number of aromatic nitrogens is 2. The molecular formula is C52H62Br2N2O2+2. The molecule has 304 valence electrons. The third-order valence-electron chi connectivity index (χ3n) is 10.5. The SMILES string of the molecule is BrCCCc1ccc(-c2ccc(CCCBr)cc2)cc1.OCCCc1ccc[n+](CCCc2ccc(-c3ccc(CCC[n+]4cccc(CCCO)c4)cc3)cc2)c1. The van der Waals surface area contributed by atoms with Gasteiger partial charge in [0.05, 0.1) is 0 Å². The fraction of sp³-hybridized carbons (Fsp3) is 0.346. The Kier molecular flexibility index (Phi) is 20.4. The first kappa shape index (κ1) is 45.1. The van der Waals surface area contributed by atoms with Crippen LogP contribution in [0.1, 0.15) is 71.9 Å². The molecule has 4 nitrogen and oxygen atoms in total. The lowest BCUT2D eigenvalue weighted by molar-refractivity contribution is -0.697. The molecule has 0 saturated heterocycles. The van der Waals surface area contributed by atoms with Gasteiger partial charge in [-0.2, -0.15) is 0 Å². The lowest BCUT2D eigenvalue weighted by atomic mass is 10.00. The lowest BCUT2D eigenvalue weighted by Crippen LogP contribution is -2.33. The molecule has 0 amide bonds. The average Bonchev–Trinajstić information content (AvgIpc) is 3.27. The first-order chi connectivity index (χ1) is 28.6. The van der Waals surface area contributed by atoms with Gasteiger partial charge in [0.25, 0.3) is 0 Å². The summed E-state index contributed by atoms with van der Waals surface area (Å²) in [6, 6.07) is 44.4. The third-order valence-corrected chi connectivity index (χ3v) is 11.7. The zero-order chi connectivity index (χ0) is 40.6. The Labute approximate surface area is 364 Å². The summed E-state index contributed by atoms with van der Waals surface area (Å²) in [6.45, 7) is 2.50. The van der Waals surface area contributed by atoms with Crippen LogP contribution < -0.4 is 9.13 Å². The van der Waals surface area contributed by atoms with Gasteiger partial charge in [0.2, 0.25) is 0 Å². The molecule has 2 aromatic heterocycles. The van der Waals surface area contributed by atoms with Crippen LogP contribution in [-0.4, -0.2) is 34.1 Å². The Morgan fingerprint density at radius 3 is 0.931 bits per heavy atom. The maximum absolute atomic E-state index is 9.05. The predicted molar refractivity (Wildman–Crippen MR) is 249 cm³/mol. The molecular weight excluding hydrogens is 844 g/mol. The number of alkyl halides is 2. The van der Waals surface area contributed by atoms with Crippen LogP contribution in [0.15, 0.2) is 146 Å². The molecule has 58 heavy (non-hydrogen) atoms. The number of halogens is 2. The maximum Gasteiger partial charge on any atom is 0.171 e. The van der Waals surface area contributed by atoms with E-state index in [1.54, 1.807) is 0 Å². The van der Waals surface area contributed by atoms with Crippen molar-refractivity contribution in [2.45, 2.75) is 90.1 Å². The van der Waals surface area contributed by atoms with Crippen LogP contribution in [0.3, 0.4) is 0 Å². The normalized spacial score (nSPS) is 11.0. The second-order valence-corrected chi connectivity index (χ2v) is 16.7. The molecule has 0 fully saturated rings. The van der Waals surface area contributed by atoms with Crippen molar-refractivity contribution in [2.75, 3.05) is 23.9 Å². The van der Waals surface area contributed by atoms with E-state index in [2.05, 4.69) is 187 Å². The molecule has 6 aromatic rings. The van der Waals surface area contributed by atoms with Crippen LogP contribution in [0, 0.1) is 0 Å². The quantitative estimate of drug-likeness (QED) is 0.0527. The summed E-state index contributed by atoms with van der Waals surface area (Å²) in [6.07, 6.45) is 21.2. The van der Waals surface area contributed by atoms with Gasteiger partial charge >= 0.3 is 0 Å². The monoisotopic (exact) mass is 904 g/mol. The van der Waals surface area contributed by atoms with Gasteiger partial charge in [0.1, 0.15) is 13.1 Å². The average molecular weight is 907 g/mol. The Morgan fingerprint density at radius 1 is 0.345 bits per heavy atom. The number of hydrogen-bond donors (Lipinski definition) is 2. The number of aryl methyl sites for hydroxylation is 8. The van der Waals surface area contributed by atoms with E-state index in [-0.39, 0.29) is 13.2 Å². The third kappa shape index (κ3) is 16.0. The largest absolute Gasteiger partial charge is 0.396 e. The fourth-order valence-corrected chi connectivity index (χ4v) is 7.78. The molecule has 0 unspecified atom stereocenters.